The highest BCUT2D eigenvalue weighted by molar-refractivity contribution is 5.67. The van der Waals surface area contributed by atoms with Crippen molar-refractivity contribution in [3.8, 4) is 0 Å². The number of amides is 1. The third-order valence-electron chi connectivity index (χ3n) is 2.51. The summed E-state index contributed by atoms with van der Waals surface area (Å²) in [6.07, 6.45) is 1.52. The first-order valence-electron chi connectivity index (χ1n) is 6.93. The predicted molar refractivity (Wildman–Crippen MR) is 82.8 cm³/mol. The zero-order valence-electron chi connectivity index (χ0n) is 12.5. The Labute approximate surface area is 120 Å². The van der Waals surface area contributed by atoms with E-state index in [2.05, 4.69) is 10.6 Å². The van der Waals surface area contributed by atoms with Crippen LogP contribution < -0.4 is 16.4 Å². The lowest BCUT2D eigenvalue weighted by molar-refractivity contribution is 0.0527. The highest BCUT2D eigenvalue weighted by Gasteiger charge is 2.15. The van der Waals surface area contributed by atoms with Crippen LogP contribution in [-0.4, -0.2) is 24.8 Å². The van der Waals surface area contributed by atoms with E-state index in [1.165, 1.54) is 0 Å². The van der Waals surface area contributed by atoms with Crippen molar-refractivity contribution in [3.05, 3.63) is 24.3 Å². The summed E-state index contributed by atoms with van der Waals surface area (Å²) in [6.45, 7) is 7.04. The maximum Gasteiger partial charge on any atom is 0.407 e. The minimum absolute atomic E-state index is 0.357. The van der Waals surface area contributed by atoms with Crippen molar-refractivity contribution < 1.29 is 9.53 Å². The normalized spacial score (nSPS) is 10.9. The van der Waals surface area contributed by atoms with Crippen LogP contribution in [0.15, 0.2) is 24.3 Å². The molecule has 1 rings (SSSR count). The number of nitrogens with one attached hydrogen (secondary N) is 2. The molecule has 0 bridgehead atoms. The number of alkyl carbamates (subject to hydrolysis) is 1. The molecule has 1 aromatic rings. The monoisotopic (exact) mass is 279 g/mol. The van der Waals surface area contributed by atoms with Gasteiger partial charge < -0.3 is 21.1 Å². The first kappa shape index (κ1) is 16.1. The average molecular weight is 279 g/mol. The van der Waals surface area contributed by atoms with E-state index in [0.717, 1.165) is 30.8 Å². The number of anilines is 2. The van der Waals surface area contributed by atoms with E-state index in [0.29, 0.717) is 6.54 Å². The predicted octanol–water partition coefficient (Wildman–Crippen LogP) is 2.99. The Morgan fingerprint density at radius 3 is 2.35 bits per heavy atom. The van der Waals surface area contributed by atoms with Gasteiger partial charge in [0.05, 0.1) is 0 Å². The second kappa shape index (κ2) is 7.62. The summed E-state index contributed by atoms with van der Waals surface area (Å²) in [5.41, 5.74) is 6.99. The summed E-state index contributed by atoms with van der Waals surface area (Å²) >= 11 is 0. The highest BCUT2D eigenvalue weighted by atomic mass is 16.6. The Morgan fingerprint density at radius 1 is 1.15 bits per heavy atom. The Kier molecular flexibility index (Phi) is 6.15. The molecule has 0 saturated carbocycles. The van der Waals surface area contributed by atoms with Crippen molar-refractivity contribution in [1.82, 2.24) is 5.32 Å². The van der Waals surface area contributed by atoms with Gasteiger partial charge in [-0.15, -0.1) is 0 Å². The molecule has 0 aliphatic carbocycles. The maximum atomic E-state index is 11.4. The van der Waals surface area contributed by atoms with Crippen molar-refractivity contribution in [1.29, 1.82) is 0 Å². The fraction of sp³-hybridized carbons (Fsp3) is 0.533. The lowest BCUT2D eigenvalue weighted by Gasteiger charge is -2.19. The SMILES string of the molecule is CC(C)(C)OC(=O)NCCCCNc1ccc(N)cc1. The largest absolute Gasteiger partial charge is 0.444 e. The average Bonchev–Trinajstić information content (AvgIpc) is 2.33. The molecule has 0 saturated heterocycles. The molecule has 0 fully saturated rings. The smallest absolute Gasteiger partial charge is 0.407 e. The van der Waals surface area contributed by atoms with Crippen LogP contribution in [0.2, 0.25) is 0 Å². The first-order chi connectivity index (χ1) is 9.37. The third kappa shape index (κ3) is 7.51. The molecule has 5 heteroatoms. The van der Waals surface area contributed by atoms with Crippen LogP contribution in [0.25, 0.3) is 0 Å². The second-order valence-electron chi connectivity index (χ2n) is 5.68. The molecule has 0 heterocycles. The molecule has 0 aliphatic heterocycles. The van der Waals surface area contributed by atoms with Crippen molar-refractivity contribution in [2.24, 2.45) is 0 Å². The van der Waals surface area contributed by atoms with E-state index in [-0.39, 0.29) is 6.09 Å². The molecular weight excluding hydrogens is 254 g/mol. The molecule has 0 aliphatic rings. The number of hydrogen-bond acceptors (Lipinski definition) is 4. The Hall–Kier alpha value is -1.91. The summed E-state index contributed by atoms with van der Waals surface area (Å²) in [4.78, 5) is 11.4. The number of rotatable bonds is 6. The van der Waals surface area contributed by atoms with Gasteiger partial charge >= 0.3 is 6.09 Å². The van der Waals surface area contributed by atoms with Crippen LogP contribution in [0.5, 0.6) is 0 Å². The number of carbonyl (C=O) groups excluding carboxylic acids is 1. The van der Waals surface area contributed by atoms with Crippen LogP contribution in [0, 0.1) is 0 Å². The van der Waals surface area contributed by atoms with E-state index >= 15 is 0 Å². The molecule has 112 valence electrons. The third-order valence-corrected chi connectivity index (χ3v) is 2.51. The van der Waals surface area contributed by atoms with Crippen molar-refractivity contribution >= 4 is 17.5 Å². The molecule has 1 amide bonds. The van der Waals surface area contributed by atoms with Crippen LogP contribution in [0.4, 0.5) is 16.2 Å². The Balaban J connectivity index is 2.05. The van der Waals surface area contributed by atoms with Crippen molar-refractivity contribution in [2.75, 3.05) is 24.1 Å². The molecule has 0 atom stereocenters. The Bertz CT molecular complexity index is 410. The molecule has 20 heavy (non-hydrogen) atoms. The second-order valence-corrected chi connectivity index (χ2v) is 5.68. The fourth-order valence-corrected chi connectivity index (χ4v) is 1.59. The van der Waals surface area contributed by atoms with E-state index in [9.17, 15) is 4.79 Å². The molecule has 1 aromatic carbocycles. The molecule has 0 unspecified atom stereocenters. The van der Waals surface area contributed by atoms with Gasteiger partial charge in [-0.3, -0.25) is 0 Å². The van der Waals surface area contributed by atoms with Gasteiger partial charge in [-0.2, -0.15) is 0 Å². The minimum atomic E-state index is -0.444. The quantitative estimate of drug-likeness (QED) is 0.552. The van der Waals surface area contributed by atoms with Gasteiger partial charge in [0.2, 0.25) is 0 Å². The number of ether oxygens (including phenoxy) is 1. The zero-order chi connectivity index (χ0) is 15.0. The fourth-order valence-electron chi connectivity index (χ4n) is 1.59. The van der Waals surface area contributed by atoms with Crippen LogP contribution >= 0.6 is 0 Å². The molecule has 0 radical (unpaired) electrons. The summed E-state index contributed by atoms with van der Waals surface area (Å²) in [5, 5.41) is 6.04. The van der Waals surface area contributed by atoms with Crippen molar-refractivity contribution in [3.63, 3.8) is 0 Å². The summed E-state index contributed by atoms with van der Waals surface area (Å²) in [7, 11) is 0. The maximum absolute atomic E-state index is 11.4. The van der Waals surface area contributed by atoms with Gasteiger partial charge in [-0.25, -0.2) is 4.79 Å². The van der Waals surface area contributed by atoms with E-state index in [1.54, 1.807) is 0 Å². The number of nitrogens with two attached hydrogens (primary N) is 1. The number of carbonyl (C=O) groups is 1. The minimum Gasteiger partial charge on any atom is -0.444 e. The van der Waals surface area contributed by atoms with E-state index in [4.69, 9.17) is 10.5 Å². The molecule has 5 nitrogen and oxygen atoms in total. The molecule has 0 aromatic heterocycles. The van der Waals surface area contributed by atoms with Gasteiger partial charge in [-0.05, 0) is 57.9 Å². The van der Waals surface area contributed by atoms with Crippen LogP contribution in [0.1, 0.15) is 33.6 Å². The van der Waals surface area contributed by atoms with Crippen LogP contribution in [-0.2, 0) is 4.74 Å². The van der Waals surface area contributed by atoms with E-state index < -0.39 is 5.60 Å². The number of unbranched alkanes of at least 4 members (excludes halogenated alkanes) is 1. The summed E-state index contributed by atoms with van der Waals surface area (Å²) < 4.78 is 5.15. The lowest BCUT2D eigenvalue weighted by atomic mass is 10.2. The number of nitrogen functional groups attached to an aromatic ring is 1. The lowest BCUT2D eigenvalue weighted by Crippen LogP contribution is -2.33. The first-order valence-corrected chi connectivity index (χ1v) is 6.93. The standard InChI is InChI=1S/C15H25N3O2/c1-15(2,3)20-14(19)18-11-5-4-10-17-13-8-6-12(16)7-9-13/h6-9,17H,4-5,10-11,16H2,1-3H3,(H,18,19). The van der Waals surface area contributed by atoms with Gasteiger partial charge in [0.15, 0.2) is 0 Å². The van der Waals surface area contributed by atoms with Gasteiger partial charge in [0.1, 0.15) is 5.60 Å². The number of benzene rings is 1. The van der Waals surface area contributed by atoms with Gasteiger partial charge in [0.25, 0.3) is 0 Å². The van der Waals surface area contributed by atoms with Gasteiger partial charge in [-0.1, -0.05) is 0 Å². The van der Waals surface area contributed by atoms with Crippen LogP contribution in [0.3, 0.4) is 0 Å². The molecule has 4 N–H and O–H groups in total. The molecular formula is C15H25N3O2. The zero-order valence-corrected chi connectivity index (χ0v) is 12.5. The highest BCUT2D eigenvalue weighted by Crippen LogP contribution is 2.10. The molecule has 0 spiro atoms. The number of hydrogen-bond donors (Lipinski definition) is 3. The Morgan fingerprint density at radius 2 is 1.75 bits per heavy atom. The summed E-state index contributed by atoms with van der Waals surface area (Å²) in [6, 6.07) is 7.64. The van der Waals surface area contributed by atoms with E-state index in [1.807, 2.05) is 45.0 Å². The summed E-state index contributed by atoms with van der Waals surface area (Å²) in [5.74, 6) is 0. The van der Waals surface area contributed by atoms with Crippen molar-refractivity contribution in [2.45, 2.75) is 39.2 Å². The van der Waals surface area contributed by atoms with Gasteiger partial charge in [0, 0.05) is 24.5 Å². The topological polar surface area (TPSA) is 76.4 Å².